The number of amides is 1. The van der Waals surface area contributed by atoms with Crippen molar-refractivity contribution in [3.05, 3.63) is 83.6 Å². The number of aromatic nitrogens is 1. The van der Waals surface area contributed by atoms with Crippen molar-refractivity contribution in [2.45, 2.75) is 12.8 Å². The average molecular weight is 363 g/mol. The third-order valence-corrected chi connectivity index (χ3v) is 5.16. The number of hydrogen-bond acceptors (Lipinski definition) is 2. The largest absolute Gasteiger partial charge is 0.312 e. The SMILES string of the molecule is O=C1C(Cc2ccc(Cl)cc2)CCN1c1ccc(-c2ccncc2)cc1. The first-order valence-electron chi connectivity index (χ1n) is 8.77. The van der Waals surface area contributed by atoms with Crippen LogP contribution in [0.3, 0.4) is 0 Å². The molecule has 2 aromatic carbocycles. The summed E-state index contributed by atoms with van der Waals surface area (Å²) in [5.41, 5.74) is 4.37. The van der Waals surface area contributed by atoms with E-state index >= 15 is 0 Å². The van der Waals surface area contributed by atoms with E-state index in [1.807, 2.05) is 53.4 Å². The van der Waals surface area contributed by atoms with Gasteiger partial charge in [0.1, 0.15) is 0 Å². The normalized spacial score (nSPS) is 16.9. The summed E-state index contributed by atoms with van der Waals surface area (Å²) in [5, 5.41) is 0.724. The molecule has 3 nitrogen and oxygen atoms in total. The summed E-state index contributed by atoms with van der Waals surface area (Å²) in [6.07, 6.45) is 5.22. The zero-order chi connectivity index (χ0) is 17.9. The average Bonchev–Trinajstić information content (AvgIpc) is 3.05. The highest BCUT2D eigenvalue weighted by Crippen LogP contribution is 2.29. The second kappa shape index (κ2) is 7.30. The maximum Gasteiger partial charge on any atom is 0.230 e. The van der Waals surface area contributed by atoms with Crippen molar-refractivity contribution < 1.29 is 4.79 Å². The molecule has 0 bridgehead atoms. The summed E-state index contributed by atoms with van der Waals surface area (Å²) in [7, 11) is 0. The lowest BCUT2D eigenvalue weighted by atomic mass is 9.98. The van der Waals surface area contributed by atoms with Gasteiger partial charge in [0.2, 0.25) is 5.91 Å². The molecule has 4 rings (SSSR count). The number of hydrogen-bond donors (Lipinski definition) is 0. The number of anilines is 1. The molecule has 0 saturated carbocycles. The predicted molar refractivity (Wildman–Crippen MR) is 105 cm³/mol. The van der Waals surface area contributed by atoms with Crippen molar-refractivity contribution in [2.24, 2.45) is 5.92 Å². The molecule has 1 unspecified atom stereocenters. The quantitative estimate of drug-likeness (QED) is 0.654. The van der Waals surface area contributed by atoms with E-state index in [-0.39, 0.29) is 11.8 Å². The second-order valence-corrected chi connectivity index (χ2v) is 7.03. The zero-order valence-electron chi connectivity index (χ0n) is 14.3. The number of pyridine rings is 1. The predicted octanol–water partition coefficient (Wildman–Crippen LogP) is 5.00. The molecule has 1 amide bonds. The Morgan fingerprint density at radius 3 is 2.27 bits per heavy atom. The maximum atomic E-state index is 12.8. The van der Waals surface area contributed by atoms with Crippen molar-refractivity contribution in [2.75, 3.05) is 11.4 Å². The fourth-order valence-electron chi connectivity index (χ4n) is 3.47. The maximum absolute atomic E-state index is 12.8. The molecular formula is C22H19ClN2O. The van der Waals surface area contributed by atoms with Gasteiger partial charge in [-0.2, -0.15) is 0 Å². The Kier molecular flexibility index (Phi) is 4.72. The number of carbonyl (C=O) groups is 1. The molecule has 1 atom stereocenters. The van der Waals surface area contributed by atoms with Crippen LogP contribution < -0.4 is 4.90 Å². The molecule has 1 aliphatic heterocycles. The van der Waals surface area contributed by atoms with Gasteiger partial charge in [-0.15, -0.1) is 0 Å². The van der Waals surface area contributed by atoms with Gasteiger partial charge in [0.15, 0.2) is 0 Å². The Balaban J connectivity index is 1.47. The molecule has 130 valence electrons. The summed E-state index contributed by atoms with van der Waals surface area (Å²) in [6.45, 7) is 0.770. The molecule has 26 heavy (non-hydrogen) atoms. The lowest BCUT2D eigenvalue weighted by Gasteiger charge is -2.17. The van der Waals surface area contributed by atoms with Gasteiger partial charge in [0.25, 0.3) is 0 Å². The van der Waals surface area contributed by atoms with Crippen LogP contribution in [0.4, 0.5) is 5.69 Å². The van der Waals surface area contributed by atoms with E-state index in [9.17, 15) is 4.79 Å². The lowest BCUT2D eigenvalue weighted by Crippen LogP contribution is -2.27. The van der Waals surface area contributed by atoms with Crippen molar-refractivity contribution in [3.63, 3.8) is 0 Å². The van der Waals surface area contributed by atoms with Gasteiger partial charge in [-0.1, -0.05) is 35.9 Å². The Hall–Kier alpha value is -2.65. The third kappa shape index (κ3) is 3.49. The first-order chi connectivity index (χ1) is 12.7. The second-order valence-electron chi connectivity index (χ2n) is 6.59. The van der Waals surface area contributed by atoms with Crippen LogP contribution in [0.15, 0.2) is 73.1 Å². The van der Waals surface area contributed by atoms with E-state index in [4.69, 9.17) is 11.6 Å². The van der Waals surface area contributed by atoms with Gasteiger partial charge in [0, 0.05) is 35.6 Å². The molecule has 4 heteroatoms. The minimum absolute atomic E-state index is 0.0380. The fraction of sp³-hybridized carbons (Fsp3) is 0.182. The first kappa shape index (κ1) is 16.8. The number of carbonyl (C=O) groups excluding carboxylic acids is 1. The molecular weight excluding hydrogens is 344 g/mol. The van der Waals surface area contributed by atoms with E-state index in [0.717, 1.165) is 46.8 Å². The van der Waals surface area contributed by atoms with E-state index in [1.54, 1.807) is 12.4 Å². The number of benzene rings is 2. The smallest absolute Gasteiger partial charge is 0.230 e. The van der Waals surface area contributed by atoms with Crippen molar-refractivity contribution in [3.8, 4) is 11.1 Å². The summed E-state index contributed by atoms with van der Waals surface area (Å²) in [5.74, 6) is 0.243. The Morgan fingerprint density at radius 2 is 1.58 bits per heavy atom. The van der Waals surface area contributed by atoms with Gasteiger partial charge in [-0.05, 0) is 65.9 Å². The van der Waals surface area contributed by atoms with Gasteiger partial charge >= 0.3 is 0 Å². The molecule has 1 saturated heterocycles. The van der Waals surface area contributed by atoms with Crippen LogP contribution in [0.25, 0.3) is 11.1 Å². The Morgan fingerprint density at radius 1 is 0.923 bits per heavy atom. The molecule has 0 radical (unpaired) electrons. The molecule has 0 N–H and O–H groups in total. The van der Waals surface area contributed by atoms with Crippen molar-refractivity contribution in [1.29, 1.82) is 0 Å². The first-order valence-corrected chi connectivity index (χ1v) is 9.15. The highest BCUT2D eigenvalue weighted by Gasteiger charge is 2.32. The summed E-state index contributed by atoms with van der Waals surface area (Å²) in [6, 6.07) is 19.9. The van der Waals surface area contributed by atoms with E-state index in [0.29, 0.717) is 0 Å². The molecule has 1 fully saturated rings. The minimum atomic E-state index is 0.0380. The van der Waals surface area contributed by atoms with Crippen LogP contribution in [-0.4, -0.2) is 17.4 Å². The summed E-state index contributed by atoms with van der Waals surface area (Å²) in [4.78, 5) is 18.8. The van der Waals surface area contributed by atoms with Crippen molar-refractivity contribution >= 4 is 23.2 Å². The molecule has 0 aliphatic carbocycles. The van der Waals surface area contributed by atoms with Gasteiger partial charge in [-0.25, -0.2) is 0 Å². The number of nitrogens with zero attached hydrogens (tertiary/aromatic N) is 2. The lowest BCUT2D eigenvalue weighted by molar-refractivity contribution is -0.120. The standard InChI is InChI=1S/C22H19ClN2O/c23-20-5-1-16(2-6-20)15-19-11-14-25(22(19)26)21-7-3-17(4-8-21)18-9-12-24-13-10-18/h1-10,12-13,19H,11,14-15H2. The van der Waals surface area contributed by atoms with Crippen LogP contribution in [0.2, 0.25) is 5.02 Å². The summed E-state index contributed by atoms with van der Waals surface area (Å²) >= 11 is 5.94. The van der Waals surface area contributed by atoms with Crippen molar-refractivity contribution in [1.82, 2.24) is 4.98 Å². The topological polar surface area (TPSA) is 33.2 Å². The Bertz CT molecular complexity index is 892. The highest BCUT2D eigenvalue weighted by molar-refractivity contribution is 6.30. The van der Waals surface area contributed by atoms with Gasteiger partial charge in [0.05, 0.1) is 0 Å². The van der Waals surface area contributed by atoms with E-state index in [1.165, 1.54) is 0 Å². The molecule has 1 aliphatic rings. The fourth-order valence-corrected chi connectivity index (χ4v) is 3.59. The van der Waals surface area contributed by atoms with Crippen LogP contribution >= 0.6 is 11.6 Å². The molecule has 2 heterocycles. The minimum Gasteiger partial charge on any atom is -0.312 e. The van der Waals surface area contributed by atoms with Crippen LogP contribution in [0.5, 0.6) is 0 Å². The van der Waals surface area contributed by atoms with E-state index in [2.05, 4.69) is 17.1 Å². The van der Waals surface area contributed by atoms with Gasteiger partial charge in [-0.3, -0.25) is 9.78 Å². The molecule has 0 spiro atoms. The number of rotatable bonds is 4. The third-order valence-electron chi connectivity index (χ3n) is 4.90. The monoisotopic (exact) mass is 362 g/mol. The number of halogens is 1. The highest BCUT2D eigenvalue weighted by atomic mass is 35.5. The Labute approximate surface area is 158 Å². The summed E-state index contributed by atoms with van der Waals surface area (Å²) < 4.78 is 0. The van der Waals surface area contributed by atoms with Gasteiger partial charge < -0.3 is 4.90 Å². The van der Waals surface area contributed by atoms with E-state index < -0.39 is 0 Å². The van der Waals surface area contributed by atoms with Crippen LogP contribution in [0, 0.1) is 5.92 Å². The molecule has 3 aromatic rings. The van der Waals surface area contributed by atoms with Crippen LogP contribution in [0.1, 0.15) is 12.0 Å². The zero-order valence-corrected chi connectivity index (χ0v) is 15.1. The van der Waals surface area contributed by atoms with Crippen LogP contribution in [-0.2, 0) is 11.2 Å². The molecule has 1 aromatic heterocycles.